The second-order valence-electron chi connectivity index (χ2n) is 2.26. The van der Waals surface area contributed by atoms with Crippen molar-refractivity contribution in [2.45, 2.75) is 12.8 Å². The minimum absolute atomic E-state index is 0.527. The second kappa shape index (κ2) is 15.6. The number of thiol groups is 1. The van der Waals surface area contributed by atoms with Crippen LogP contribution in [-0.2, 0) is 9.47 Å². The lowest BCUT2D eigenvalue weighted by Gasteiger charge is -2.00. The highest BCUT2D eigenvalue weighted by atomic mass is 32.1. The van der Waals surface area contributed by atoms with E-state index < -0.39 is 0 Å². The predicted molar refractivity (Wildman–Crippen MR) is 66.8 cm³/mol. The van der Waals surface area contributed by atoms with Crippen LogP contribution in [-0.4, -0.2) is 24.1 Å². The van der Waals surface area contributed by atoms with E-state index in [1.54, 1.807) is 0 Å². The Morgan fingerprint density at radius 2 is 1.86 bits per heavy atom. The van der Waals surface area contributed by atoms with Gasteiger partial charge in [0.15, 0.2) is 0 Å². The molecule has 0 saturated carbocycles. The van der Waals surface area contributed by atoms with Crippen molar-refractivity contribution in [2.75, 3.05) is 19.8 Å². The molecule has 0 atom stereocenters. The molecule has 3 nitrogen and oxygen atoms in total. The van der Waals surface area contributed by atoms with Crippen LogP contribution in [0.5, 0.6) is 0 Å². The number of hydrogen-bond donors (Lipinski definition) is 2. The van der Waals surface area contributed by atoms with Gasteiger partial charge in [-0.25, -0.2) is 0 Å². The molecule has 83 valence electrons. The summed E-state index contributed by atoms with van der Waals surface area (Å²) in [5.41, 5.74) is 0. The van der Waals surface area contributed by atoms with Crippen LogP contribution >= 0.6 is 24.8 Å². The normalized spacial score (nSPS) is 8.86. The van der Waals surface area contributed by atoms with E-state index in [4.69, 9.17) is 0 Å². The van der Waals surface area contributed by atoms with Gasteiger partial charge in [-0.15, -0.1) is 12.6 Å². The highest BCUT2D eigenvalue weighted by Gasteiger charge is 1.85. The van der Waals surface area contributed by atoms with E-state index in [1.165, 1.54) is 0 Å². The van der Waals surface area contributed by atoms with Gasteiger partial charge in [-0.2, -0.15) is 0 Å². The molecule has 0 unspecified atom stereocenters. The molecule has 0 aromatic rings. The second-order valence-corrected chi connectivity index (χ2v) is 3.41. The average molecular weight is 236 g/mol. The van der Waals surface area contributed by atoms with Gasteiger partial charge >= 0.3 is 0 Å². The van der Waals surface area contributed by atoms with Gasteiger partial charge in [-0.3, -0.25) is 0 Å². The lowest BCUT2D eigenvalue weighted by Crippen LogP contribution is -2.18. The van der Waals surface area contributed by atoms with Crippen LogP contribution in [0.15, 0.2) is 0 Å². The quantitative estimate of drug-likeness (QED) is 0.419. The first-order valence-corrected chi connectivity index (χ1v) is 5.04. The van der Waals surface area contributed by atoms with Crippen molar-refractivity contribution < 1.29 is 9.47 Å². The SMILES string of the molecule is [CH2]CCO[CH2].[CH2]OCCCNC(=S)S. The molecule has 3 radical (unpaired) electrons. The molecule has 0 saturated heterocycles. The van der Waals surface area contributed by atoms with Crippen molar-refractivity contribution >= 4 is 29.2 Å². The number of rotatable bonds is 6. The number of thiocarbonyl (C=S) groups is 1. The van der Waals surface area contributed by atoms with Crippen LogP contribution < -0.4 is 5.32 Å². The van der Waals surface area contributed by atoms with Crippen molar-refractivity contribution in [1.29, 1.82) is 0 Å². The fraction of sp³-hybridized carbons (Fsp3) is 0.556. The average Bonchev–Trinajstić information content (AvgIpc) is 2.15. The van der Waals surface area contributed by atoms with E-state index >= 15 is 0 Å². The summed E-state index contributed by atoms with van der Waals surface area (Å²) < 4.78 is 9.47. The zero-order valence-electron chi connectivity index (χ0n) is 8.33. The maximum Gasteiger partial charge on any atom is 0.130 e. The van der Waals surface area contributed by atoms with Crippen molar-refractivity contribution in [3.63, 3.8) is 0 Å². The van der Waals surface area contributed by atoms with Gasteiger partial charge < -0.3 is 14.8 Å². The summed E-state index contributed by atoms with van der Waals surface area (Å²) in [6.07, 6.45) is 1.72. The molecule has 0 bridgehead atoms. The highest BCUT2D eigenvalue weighted by molar-refractivity contribution is 8.11. The van der Waals surface area contributed by atoms with E-state index in [9.17, 15) is 0 Å². The minimum Gasteiger partial charge on any atom is -0.379 e. The summed E-state index contributed by atoms with van der Waals surface area (Å²) in [6, 6.07) is 0. The lowest BCUT2D eigenvalue weighted by atomic mass is 10.5. The summed E-state index contributed by atoms with van der Waals surface area (Å²) in [5.74, 6) is 0. The summed E-state index contributed by atoms with van der Waals surface area (Å²) in [5, 5.41) is 2.87. The van der Waals surface area contributed by atoms with Crippen molar-refractivity contribution in [3.05, 3.63) is 21.1 Å². The number of nitrogens with one attached hydrogen (secondary N) is 1. The monoisotopic (exact) mass is 236 g/mol. The van der Waals surface area contributed by atoms with E-state index in [2.05, 4.69) is 60.8 Å². The molecular formula is C9H18NO2S2. The molecule has 0 amide bonds. The minimum atomic E-state index is 0.527. The van der Waals surface area contributed by atoms with E-state index in [1.807, 2.05) is 0 Å². The molecule has 0 rings (SSSR count). The van der Waals surface area contributed by atoms with Gasteiger partial charge in [0.25, 0.3) is 0 Å². The van der Waals surface area contributed by atoms with Crippen LogP contribution in [0.2, 0.25) is 0 Å². The van der Waals surface area contributed by atoms with Crippen LogP contribution in [0.1, 0.15) is 12.8 Å². The van der Waals surface area contributed by atoms with Gasteiger partial charge in [0.1, 0.15) is 4.32 Å². The Labute approximate surface area is 98.0 Å². The maximum atomic E-state index is 4.64. The Morgan fingerprint density at radius 1 is 1.29 bits per heavy atom. The Kier molecular flexibility index (Phi) is 18.5. The third-order valence-electron chi connectivity index (χ3n) is 1.03. The predicted octanol–water partition coefficient (Wildman–Crippen LogP) is 2.01. The summed E-state index contributed by atoms with van der Waals surface area (Å²) >= 11 is 8.51. The van der Waals surface area contributed by atoms with Crippen molar-refractivity contribution in [3.8, 4) is 0 Å². The van der Waals surface area contributed by atoms with Crippen LogP contribution in [0.25, 0.3) is 0 Å². The molecule has 0 spiro atoms. The lowest BCUT2D eigenvalue weighted by molar-refractivity contribution is 0.238. The fourth-order valence-corrected chi connectivity index (χ4v) is 0.685. The Hall–Kier alpha value is 0.160. The highest BCUT2D eigenvalue weighted by Crippen LogP contribution is 1.81. The molecule has 0 aliphatic heterocycles. The molecule has 1 N–H and O–H groups in total. The van der Waals surface area contributed by atoms with E-state index in [0.29, 0.717) is 17.5 Å². The Bertz CT molecular complexity index is 121. The molecular weight excluding hydrogens is 218 g/mol. The van der Waals surface area contributed by atoms with Crippen LogP contribution in [0.3, 0.4) is 0 Å². The number of hydrogen-bond acceptors (Lipinski definition) is 3. The van der Waals surface area contributed by atoms with E-state index in [0.717, 1.165) is 19.4 Å². The zero-order valence-corrected chi connectivity index (χ0v) is 10.0. The molecule has 0 aromatic carbocycles. The first kappa shape index (κ1) is 16.6. The Balaban J connectivity index is 0. The molecule has 0 aromatic heterocycles. The van der Waals surface area contributed by atoms with Gasteiger partial charge in [0.05, 0.1) is 14.2 Å². The van der Waals surface area contributed by atoms with Crippen molar-refractivity contribution in [2.24, 2.45) is 0 Å². The summed E-state index contributed by atoms with van der Waals surface area (Å²) in [7, 11) is 6.36. The molecule has 5 heteroatoms. The largest absolute Gasteiger partial charge is 0.379 e. The van der Waals surface area contributed by atoms with Gasteiger partial charge in [-0.1, -0.05) is 19.1 Å². The first-order chi connectivity index (χ1) is 6.68. The standard InChI is InChI=1S/C5H10NOS2.C4H8O/c1-7-4-2-3-6-5(8)9;1-3-4-5-2/h1-4H2,(H2,6,8,9);1-4H2. The maximum absolute atomic E-state index is 4.64. The van der Waals surface area contributed by atoms with E-state index in [-0.39, 0.29) is 0 Å². The summed E-state index contributed by atoms with van der Waals surface area (Å²) in [6.45, 7) is 5.64. The van der Waals surface area contributed by atoms with Gasteiger partial charge in [0, 0.05) is 19.8 Å². The third-order valence-corrected chi connectivity index (χ3v) is 1.33. The Morgan fingerprint density at radius 3 is 2.14 bits per heavy atom. The molecule has 0 heterocycles. The smallest absolute Gasteiger partial charge is 0.130 e. The van der Waals surface area contributed by atoms with Gasteiger partial charge in [0.2, 0.25) is 0 Å². The fourth-order valence-electron chi connectivity index (χ4n) is 0.472. The molecule has 0 aliphatic carbocycles. The van der Waals surface area contributed by atoms with Crippen molar-refractivity contribution in [1.82, 2.24) is 5.32 Å². The van der Waals surface area contributed by atoms with Crippen LogP contribution in [0.4, 0.5) is 0 Å². The first-order valence-electron chi connectivity index (χ1n) is 4.19. The third kappa shape index (κ3) is 22.7. The number of ether oxygens (including phenoxy) is 2. The van der Waals surface area contributed by atoms with Gasteiger partial charge in [-0.05, 0) is 12.8 Å². The molecule has 0 fully saturated rings. The zero-order chi connectivity index (χ0) is 11.2. The topological polar surface area (TPSA) is 30.5 Å². The van der Waals surface area contributed by atoms with Crippen LogP contribution in [0, 0.1) is 21.1 Å². The molecule has 14 heavy (non-hydrogen) atoms. The molecule has 0 aliphatic rings. The summed E-state index contributed by atoms with van der Waals surface area (Å²) in [4.78, 5) is 0.